The molecule has 1 aliphatic rings. The first-order chi connectivity index (χ1) is 11.2. The van der Waals surface area contributed by atoms with Gasteiger partial charge in [-0.05, 0) is 36.0 Å². The van der Waals surface area contributed by atoms with Gasteiger partial charge in [-0.15, -0.1) is 0 Å². The molecule has 1 saturated heterocycles. The molecule has 0 bridgehead atoms. The van der Waals surface area contributed by atoms with Crippen LogP contribution in [0.3, 0.4) is 0 Å². The molecule has 1 atom stereocenters. The SMILES string of the molecule is O=C(NNC1SC(=O)N(c2ccccc2)C1=O)c1ccccc1. The smallest absolute Gasteiger partial charge is 0.286 e. The quantitative estimate of drug-likeness (QED) is 0.841. The summed E-state index contributed by atoms with van der Waals surface area (Å²) in [5, 5.41) is -1.23. The van der Waals surface area contributed by atoms with E-state index in [1.165, 1.54) is 0 Å². The number of anilines is 1. The second-order valence-corrected chi connectivity index (χ2v) is 5.79. The molecule has 0 spiro atoms. The highest BCUT2D eigenvalue weighted by Crippen LogP contribution is 2.29. The molecule has 0 aromatic heterocycles. The van der Waals surface area contributed by atoms with E-state index in [0.29, 0.717) is 11.3 Å². The zero-order chi connectivity index (χ0) is 16.2. The van der Waals surface area contributed by atoms with Crippen LogP contribution < -0.4 is 15.8 Å². The highest BCUT2D eigenvalue weighted by Gasteiger charge is 2.40. The number of nitrogens with one attached hydrogen (secondary N) is 2. The number of benzene rings is 2. The molecule has 0 saturated carbocycles. The number of hydrazine groups is 1. The Bertz CT molecular complexity index is 737. The van der Waals surface area contributed by atoms with Gasteiger partial charge in [0.15, 0.2) is 5.37 Å². The number of hydrogen-bond donors (Lipinski definition) is 2. The van der Waals surface area contributed by atoms with E-state index in [1.54, 1.807) is 60.7 Å². The van der Waals surface area contributed by atoms with Gasteiger partial charge < -0.3 is 0 Å². The van der Waals surface area contributed by atoms with Gasteiger partial charge >= 0.3 is 0 Å². The summed E-state index contributed by atoms with van der Waals surface area (Å²) in [6, 6.07) is 17.3. The average Bonchev–Trinajstić information content (AvgIpc) is 2.88. The molecule has 23 heavy (non-hydrogen) atoms. The van der Waals surface area contributed by atoms with E-state index in [1.807, 2.05) is 0 Å². The molecule has 1 unspecified atom stereocenters. The van der Waals surface area contributed by atoms with Crippen LogP contribution in [0, 0.1) is 0 Å². The molecule has 0 aliphatic carbocycles. The number of amides is 3. The van der Waals surface area contributed by atoms with E-state index in [0.717, 1.165) is 16.7 Å². The molecule has 1 aliphatic heterocycles. The van der Waals surface area contributed by atoms with Crippen molar-refractivity contribution >= 4 is 34.5 Å². The maximum absolute atomic E-state index is 12.3. The third-order valence-electron chi connectivity index (χ3n) is 3.21. The number of hydrogen-bond acceptors (Lipinski definition) is 5. The lowest BCUT2D eigenvalue weighted by Gasteiger charge is -2.14. The van der Waals surface area contributed by atoms with Crippen LogP contribution in [0.5, 0.6) is 0 Å². The second-order valence-electron chi connectivity index (χ2n) is 4.74. The summed E-state index contributed by atoms with van der Waals surface area (Å²) in [5.41, 5.74) is 6.03. The molecule has 2 aromatic carbocycles. The van der Waals surface area contributed by atoms with Gasteiger partial charge in [0.2, 0.25) is 0 Å². The van der Waals surface area contributed by atoms with Crippen molar-refractivity contribution in [2.24, 2.45) is 0 Å². The predicted molar refractivity (Wildman–Crippen MR) is 87.7 cm³/mol. The van der Waals surface area contributed by atoms with Crippen molar-refractivity contribution in [3.05, 3.63) is 66.2 Å². The van der Waals surface area contributed by atoms with Crippen molar-refractivity contribution in [3.63, 3.8) is 0 Å². The van der Waals surface area contributed by atoms with Crippen molar-refractivity contribution in [2.75, 3.05) is 4.90 Å². The van der Waals surface area contributed by atoms with Crippen LogP contribution in [0.15, 0.2) is 60.7 Å². The zero-order valence-corrected chi connectivity index (χ0v) is 12.7. The first kappa shape index (κ1) is 15.3. The molecular weight excluding hydrogens is 314 g/mol. The van der Waals surface area contributed by atoms with Gasteiger partial charge in [0.1, 0.15) is 0 Å². The third-order valence-corrected chi connectivity index (χ3v) is 4.15. The molecule has 2 N–H and O–H groups in total. The second kappa shape index (κ2) is 6.64. The fourth-order valence-corrected chi connectivity index (χ4v) is 2.93. The summed E-state index contributed by atoms with van der Waals surface area (Å²) < 4.78 is 0. The molecule has 3 rings (SSSR count). The lowest BCUT2D eigenvalue weighted by Crippen LogP contribution is -2.47. The Balaban J connectivity index is 1.65. The van der Waals surface area contributed by atoms with Gasteiger partial charge in [0.25, 0.3) is 17.1 Å². The fourth-order valence-electron chi connectivity index (χ4n) is 2.10. The number of rotatable bonds is 4. The lowest BCUT2D eigenvalue weighted by molar-refractivity contribution is -0.117. The summed E-state index contributed by atoms with van der Waals surface area (Å²) in [5.74, 6) is -0.788. The first-order valence-corrected chi connectivity index (χ1v) is 7.75. The first-order valence-electron chi connectivity index (χ1n) is 6.87. The zero-order valence-electron chi connectivity index (χ0n) is 11.9. The Morgan fingerprint density at radius 2 is 1.57 bits per heavy atom. The third kappa shape index (κ3) is 3.25. The highest BCUT2D eigenvalue weighted by molar-refractivity contribution is 8.15. The Morgan fingerprint density at radius 3 is 2.22 bits per heavy atom. The van der Waals surface area contributed by atoms with Crippen molar-refractivity contribution in [2.45, 2.75) is 5.37 Å². The van der Waals surface area contributed by atoms with Gasteiger partial charge in [0.05, 0.1) is 5.69 Å². The van der Waals surface area contributed by atoms with Crippen LogP contribution in [0.4, 0.5) is 10.5 Å². The van der Waals surface area contributed by atoms with Crippen molar-refractivity contribution in [3.8, 4) is 0 Å². The van der Waals surface area contributed by atoms with E-state index >= 15 is 0 Å². The van der Waals surface area contributed by atoms with E-state index in [-0.39, 0.29) is 11.1 Å². The molecule has 6 nitrogen and oxygen atoms in total. The van der Waals surface area contributed by atoms with Crippen LogP contribution in [0.2, 0.25) is 0 Å². The minimum Gasteiger partial charge on any atom is -0.286 e. The van der Waals surface area contributed by atoms with Gasteiger partial charge in [-0.2, -0.15) is 0 Å². The molecule has 7 heteroatoms. The van der Waals surface area contributed by atoms with Gasteiger partial charge in [-0.3, -0.25) is 19.8 Å². The summed E-state index contributed by atoms with van der Waals surface area (Å²) >= 11 is 0.825. The maximum Gasteiger partial charge on any atom is 0.295 e. The number of para-hydroxylation sites is 1. The topological polar surface area (TPSA) is 78.5 Å². The molecule has 3 amide bonds. The Hall–Kier alpha value is -2.64. The monoisotopic (exact) mass is 327 g/mol. The van der Waals surface area contributed by atoms with Crippen LogP contribution in [0.25, 0.3) is 0 Å². The van der Waals surface area contributed by atoms with E-state index in [9.17, 15) is 14.4 Å². The van der Waals surface area contributed by atoms with Gasteiger partial charge in [0, 0.05) is 5.56 Å². The van der Waals surface area contributed by atoms with Crippen LogP contribution in [-0.2, 0) is 4.79 Å². The molecule has 116 valence electrons. The Kier molecular flexibility index (Phi) is 4.40. The normalized spacial score (nSPS) is 17.4. The summed E-state index contributed by atoms with van der Waals surface area (Å²) in [4.78, 5) is 37.4. The summed E-state index contributed by atoms with van der Waals surface area (Å²) in [6.45, 7) is 0. The van der Waals surface area contributed by atoms with E-state index in [2.05, 4.69) is 10.9 Å². The molecular formula is C16H13N3O3S. The van der Waals surface area contributed by atoms with E-state index in [4.69, 9.17) is 0 Å². The number of carbonyl (C=O) groups excluding carboxylic acids is 3. The van der Waals surface area contributed by atoms with Crippen molar-refractivity contribution < 1.29 is 14.4 Å². The molecule has 0 radical (unpaired) electrons. The average molecular weight is 327 g/mol. The summed E-state index contributed by atoms with van der Waals surface area (Å²) in [6.07, 6.45) is 0. The fraction of sp³-hybridized carbons (Fsp3) is 0.0625. The number of carbonyl (C=O) groups is 3. The summed E-state index contributed by atoms with van der Waals surface area (Å²) in [7, 11) is 0. The van der Waals surface area contributed by atoms with Crippen LogP contribution in [0.1, 0.15) is 10.4 Å². The van der Waals surface area contributed by atoms with Crippen LogP contribution >= 0.6 is 11.8 Å². The number of nitrogens with zero attached hydrogens (tertiary/aromatic N) is 1. The molecule has 2 aromatic rings. The largest absolute Gasteiger partial charge is 0.295 e. The predicted octanol–water partition coefficient (Wildman–Crippen LogP) is 2.15. The molecule has 1 fully saturated rings. The van der Waals surface area contributed by atoms with Gasteiger partial charge in [-0.25, -0.2) is 10.3 Å². The Morgan fingerprint density at radius 1 is 0.957 bits per heavy atom. The minimum absolute atomic E-state index is 0.371. The highest BCUT2D eigenvalue weighted by atomic mass is 32.2. The van der Waals surface area contributed by atoms with E-state index < -0.39 is 11.3 Å². The standard InChI is InChI=1S/C16H13N3O3S/c20-13(11-7-3-1-4-8-11)17-18-14-15(21)19(16(22)23-14)12-9-5-2-6-10-12/h1-10,14,18H,(H,17,20). The number of imide groups is 1. The maximum atomic E-state index is 12.3. The number of thioether (sulfide) groups is 1. The minimum atomic E-state index is -0.852. The van der Waals surface area contributed by atoms with Crippen molar-refractivity contribution in [1.82, 2.24) is 10.9 Å². The van der Waals surface area contributed by atoms with Gasteiger partial charge in [-0.1, -0.05) is 36.4 Å². The Labute approximate surface area is 136 Å². The van der Waals surface area contributed by atoms with Crippen molar-refractivity contribution in [1.29, 1.82) is 0 Å². The molecule has 1 heterocycles. The van der Waals surface area contributed by atoms with Crippen LogP contribution in [-0.4, -0.2) is 22.4 Å². The lowest BCUT2D eigenvalue weighted by atomic mass is 10.2.